The van der Waals surface area contributed by atoms with Crippen LogP contribution in [0.15, 0.2) is 121 Å². The van der Waals surface area contributed by atoms with Gasteiger partial charge in [0.1, 0.15) is 44.6 Å². The van der Waals surface area contributed by atoms with E-state index in [4.69, 9.17) is 14.2 Å². The van der Waals surface area contributed by atoms with Crippen molar-refractivity contribution in [2.75, 3.05) is 19.8 Å². The van der Waals surface area contributed by atoms with Gasteiger partial charge in [0.05, 0.1) is 39.0 Å². The zero-order valence-corrected chi connectivity index (χ0v) is 78.8. The first-order chi connectivity index (χ1) is 54.1. The molecule has 0 aliphatic carbocycles. The molecule has 0 fully saturated rings. The number of aryl methyl sites for hydroxylation is 1. The Labute approximate surface area is 704 Å². The van der Waals surface area contributed by atoms with Gasteiger partial charge in [-0.05, 0) is 151 Å². The molecule has 5 nitrogen and oxygen atoms in total. The van der Waals surface area contributed by atoms with Crippen LogP contribution in [0.1, 0.15) is 335 Å². The molecule has 10 aromatic rings. The van der Waals surface area contributed by atoms with Crippen LogP contribution in [-0.2, 0) is 11.2 Å². The van der Waals surface area contributed by atoms with E-state index in [1.54, 1.807) is 31.7 Å². The van der Waals surface area contributed by atoms with Gasteiger partial charge in [-0.15, -0.1) is 68.0 Å². The van der Waals surface area contributed by atoms with Gasteiger partial charge < -0.3 is 24.4 Å². The number of hydrogen-bond acceptors (Lipinski definition) is 11. The molecular weight excluding hydrogens is 1520 g/mol. The molecule has 2 N–H and O–H groups in total. The first-order valence-electron chi connectivity index (χ1n) is 44.5. The number of fused-ring (bicyclic) bond motifs is 3. The largest absolute Gasteiger partial charge is 0.494 e. The molecule has 0 amide bonds. The Kier molecular flexibility index (Phi) is 34.8. The minimum absolute atomic E-state index is 0.577. The Morgan fingerprint density at radius 1 is 0.295 bits per heavy atom. The molecule has 0 aliphatic heterocycles. The molecule has 13 heteroatoms. The van der Waals surface area contributed by atoms with Crippen molar-refractivity contribution >= 4 is 121 Å². The van der Waals surface area contributed by atoms with E-state index in [9.17, 15) is 0 Å². The first kappa shape index (κ1) is 89.9. The average molecular weight is 1660 g/mol. The normalized spacial score (nSPS) is 13.2. The monoisotopic (exact) mass is 1660 g/mol. The van der Waals surface area contributed by atoms with Crippen molar-refractivity contribution in [2.24, 2.45) is 0 Å². The highest BCUT2D eigenvalue weighted by atomic mass is 32.1. The summed E-state index contributed by atoms with van der Waals surface area (Å²) in [5.41, 5.74) is 6.00. The van der Waals surface area contributed by atoms with Gasteiger partial charge in [0, 0.05) is 39.7 Å². The van der Waals surface area contributed by atoms with Crippen LogP contribution in [0.5, 0.6) is 17.2 Å². The van der Waals surface area contributed by atoms with Crippen LogP contribution >= 0.6 is 68.0 Å². The summed E-state index contributed by atoms with van der Waals surface area (Å²) >= 11 is 11.3. The van der Waals surface area contributed by atoms with Crippen LogP contribution in [0, 0.1) is 6.92 Å². The fourth-order valence-corrected chi connectivity index (χ4v) is 45.7. The molecule has 0 bridgehead atoms. The fraction of sp³-hybridized carbons (Fsp3) is 0.576. The first-order valence-corrected chi connectivity index (χ1v) is 53.9. The molecule has 0 saturated heterocycles. The highest BCUT2D eigenvalue weighted by Gasteiger charge is 2.49. The Morgan fingerprint density at radius 3 is 0.768 bits per heavy atom. The van der Waals surface area contributed by atoms with Crippen molar-refractivity contribution in [3.05, 3.63) is 160 Å². The SMILES string of the molecule is CCCCCCCCCCCCOc1ccc(C(O)(c2ccc(C)cc2)c2c(-c3cc4sc([Si](C(C)C)(C(C)C)C(C)C)cc4s3)sc3c(C(O)(c4ccc(OCCCCCCCCCCCC)cc4)c4ccc(OCCCCCCCCCCCC)cc4)c(-c4cc5sc([Si](C(C)C)(C(C)C)C(C)C)cc5s4)sc23)cc1. The van der Waals surface area contributed by atoms with Crippen LogP contribution in [-0.4, -0.2) is 46.2 Å². The third-order valence-electron chi connectivity index (χ3n) is 25.3. The van der Waals surface area contributed by atoms with Crippen LogP contribution in [0.4, 0.5) is 0 Å². The highest BCUT2D eigenvalue weighted by Crippen LogP contribution is 2.61. The fourth-order valence-electron chi connectivity index (χ4n) is 19.4. The summed E-state index contributed by atoms with van der Waals surface area (Å²) in [5, 5.41) is 30.4. The van der Waals surface area contributed by atoms with Crippen LogP contribution in [0.25, 0.3) is 47.7 Å². The molecule has 6 heterocycles. The van der Waals surface area contributed by atoms with Gasteiger partial charge in [-0.2, -0.15) is 0 Å². The molecule has 1 atom stereocenters. The third kappa shape index (κ3) is 21.0. The standard InChI is InChI=1S/C99H142O5S6Si2/c1-17-20-23-26-29-32-35-38-41-44-63-102-81-57-51-78(52-58-81)98(100,77-49-47-76(16)48-50-77)92-94(88-66-84-86(105-88)68-90(107-84)111(70(4)5,71(6)7)72(8)9)109-97-93(95(110-96(92)97)89-67-85-87(106-89)69-91(108-85)112(73(10)11,74(12)13)75(14)15)99(101,79-53-59-82(60-54-79)103-64-45-42-39-36-33-30-27-24-21-18-2)80-55-61-83(62-56-80)104-65-46-43-40-37-34-31-28-25-22-19-3/h47-62,66-75,100-101H,17-46,63-65H2,1-16H3. The van der Waals surface area contributed by atoms with Gasteiger partial charge in [0.15, 0.2) is 0 Å². The molecule has 0 radical (unpaired) electrons. The summed E-state index contributed by atoms with van der Waals surface area (Å²) in [7, 11) is -4.00. The zero-order chi connectivity index (χ0) is 80.0. The Hall–Kier alpha value is -4.39. The number of unbranched alkanes of at least 4 members (excludes halogenated alkanes) is 27. The van der Waals surface area contributed by atoms with Crippen molar-refractivity contribution in [1.29, 1.82) is 0 Å². The lowest BCUT2D eigenvalue weighted by molar-refractivity contribution is 0.127. The van der Waals surface area contributed by atoms with E-state index >= 15 is 10.2 Å². The van der Waals surface area contributed by atoms with Crippen LogP contribution in [0.2, 0.25) is 33.2 Å². The maximum absolute atomic E-state index is 15.3. The summed E-state index contributed by atoms with van der Waals surface area (Å²) in [5.74, 6) is 2.43. The van der Waals surface area contributed by atoms with Crippen molar-refractivity contribution in [3.8, 4) is 36.8 Å². The van der Waals surface area contributed by atoms with Crippen molar-refractivity contribution in [3.63, 3.8) is 0 Å². The van der Waals surface area contributed by atoms with Gasteiger partial charge >= 0.3 is 0 Å². The summed E-state index contributed by atoms with van der Waals surface area (Å²) < 4.78 is 30.2. The van der Waals surface area contributed by atoms with Gasteiger partial charge in [-0.3, -0.25) is 0 Å². The maximum atomic E-state index is 15.3. The molecule has 4 aromatic carbocycles. The van der Waals surface area contributed by atoms with Crippen LogP contribution < -0.4 is 23.2 Å². The number of rotatable bonds is 52. The van der Waals surface area contributed by atoms with Gasteiger partial charge in [-0.1, -0.05) is 343 Å². The number of thiophene rings is 6. The molecule has 612 valence electrons. The molecule has 0 aliphatic rings. The maximum Gasteiger partial charge on any atom is 0.143 e. The summed E-state index contributed by atoms with van der Waals surface area (Å²) in [6.45, 7) is 40.7. The van der Waals surface area contributed by atoms with E-state index < -0.39 is 27.3 Å². The predicted molar refractivity (Wildman–Crippen MR) is 505 cm³/mol. The van der Waals surface area contributed by atoms with E-state index in [-0.39, 0.29) is 0 Å². The number of ether oxygens (including phenoxy) is 3. The summed E-state index contributed by atoms with van der Waals surface area (Å²) in [6.07, 6.45) is 38.1. The number of hydrogen-bond donors (Lipinski definition) is 2. The lowest BCUT2D eigenvalue weighted by Gasteiger charge is -2.42. The predicted octanol–water partition coefficient (Wildman–Crippen LogP) is 32.4. The van der Waals surface area contributed by atoms with Gasteiger partial charge in [0.25, 0.3) is 0 Å². The highest BCUT2D eigenvalue weighted by molar-refractivity contribution is 7.40. The smallest absolute Gasteiger partial charge is 0.143 e. The second-order valence-corrected chi connectivity index (χ2v) is 53.8. The van der Waals surface area contributed by atoms with Gasteiger partial charge in [0.2, 0.25) is 0 Å². The van der Waals surface area contributed by atoms with E-state index in [0.717, 1.165) is 124 Å². The molecule has 1 unspecified atom stereocenters. The van der Waals surface area contributed by atoms with Crippen molar-refractivity contribution in [1.82, 2.24) is 0 Å². The molecule has 0 spiro atoms. The molecule has 0 saturated carbocycles. The lowest BCUT2D eigenvalue weighted by atomic mass is 9.78. The molecule has 10 rings (SSSR count). The van der Waals surface area contributed by atoms with E-state index in [1.807, 2.05) is 45.3 Å². The Balaban J connectivity index is 1.15. The van der Waals surface area contributed by atoms with Gasteiger partial charge in [-0.25, -0.2) is 0 Å². The molecule has 112 heavy (non-hydrogen) atoms. The molecular formula is C99H142O5S6Si2. The van der Waals surface area contributed by atoms with Crippen molar-refractivity contribution < 1.29 is 24.4 Å². The average Bonchev–Trinajstić information content (AvgIpc) is 1.53. The number of benzene rings is 4. The Morgan fingerprint density at radius 2 is 0.527 bits per heavy atom. The minimum Gasteiger partial charge on any atom is -0.494 e. The van der Waals surface area contributed by atoms with Crippen LogP contribution in [0.3, 0.4) is 0 Å². The summed E-state index contributed by atoms with van der Waals surface area (Å²) in [4.78, 5) is 4.30. The summed E-state index contributed by atoms with van der Waals surface area (Å²) in [6, 6.07) is 44.0. The second-order valence-electron chi connectivity index (χ2n) is 34.9. The third-order valence-corrected chi connectivity index (χ3v) is 48.6. The lowest BCUT2D eigenvalue weighted by Crippen LogP contribution is -2.54. The number of aliphatic hydroxyl groups is 2. The van der Waals surface area contributed by atoms with Crippen molar-refractivity contribution in [2.45, 2.75) is 348 Å². The second kappa shape index (κ2) is 43.4. The zero-order valence-electron chi connectivity index (χ0n) is 71.9. The Bertz CT molecular complexity index is 4210. The van der Waals surface area contributed by atoms with E-state index in [2.05, 4.69) is 232 Å². The quantitative estimate of drug-likeness (QED) is 0.0294. The topological polar surface area (TPSA) is 68.2 Å². The molecule has 6 aromatic heterocycles. The van der Waals surface area contributed by atoms with E-state index in [0.29, 0.717) is 53.1 Å². The minimum atomic E-state index is -2.00. The van der Waals surface area contributed by atoms with E-state index in [1.165, 1.54) is 173 Å².